The molecule has 0 heterocycles. The molecule has 0 bridgehead atoms. The zero-order valence-electron chi connectivity index (χ0n) is 8.55. The molecule has 1 rings (SSSR count). The van der Waals surface area contributed by atoms with Gasteiger partial charge in [-0.3, -0.25) is 0 Å². The zero-order valence-corrected chi connectivity index (χ0v) is 8.55. The van der Waals surface area contributed by atoms with Crippen LogP contribution in [0.25, 0.3) is 0 Å². The molecule has 1 saturated carbocycles. The van der Waals surface area contributed by atoms with Gasteiger partial charge in [-0.2, -0.15) is 0 Å². The highest BCUT2D eigenvalue weighted by molar-refractivity contribution is 5.18. The molecule has 2 radical (unpaired) electrons. The lowest BCUT2D eigenvalue weighted by Gasteiger charge is -2.33. The molecule has 0 saturated heterocycles. The summed E-state index contributed by atoms with van der Waals surface area (Å²) >= 11 is 0. The standard InChI is InChI=1S/C9H16O4/c1-10-7-5-6-8(11-2)9(7,12-3)13-4/h5-6H2,1-4H3. The van der Waals surface area contributed by atoms with E-state index in [1.807, 2.05) is 0 Å². The highest BCUT2D eigenvalue weighted by Crippen LogP contribution is 2.47. The van der Waals surface area contributed by atoms with Crippen molar-refractivity contribution < 1.29 is 18.9 Å². The van der Waals surface area contributed by atoms with Crippen LogP contribution < -0.4 is 0 Å². The minimum atomic E-state index is -0.899. The molecule has 76 valence electrons. The Balaban J connectivity index is 2.81. The van der Waals surface area contributed by atoms with E-state index in [1.165, 1.54) is 0 Å². The van der Waals surface area contributed by atoms with Crippen LogP contribution in [0.15, 0.2) is 0 Å². The second-order valence-corrected chi connectivity index (χ2v) is 2.78. The van der Waals surface area contributed by atoms with Crippen LogP contribution in [0, 0.1) is 12.2 Å². The van der Waals surface area contributed by atoms with Gasteiger partial charge in [-0.25, -0.2) is 0 Å². The van der Waals surface area contributed by atoms with Crippen molar-refractivity contribution in [1.29, 1.82) is 0 Å². The fourth-order valence-electron chi connectivity index (χ4n) is 1.72. The average Bonchev–Trinajstić information content (AvgIpc) is 2.55. The second kappa shape index (κ2) is 4.37. The van der Waals surface area contributed by atoms with Crippen molar-refractivity contribution in [2.24, 2.45) is 0 Å². The molecule has 0 spiro atoms. The Labute approximate surface area is 79.1 Å². The molecular formula is C9H16O4. The summed E-state index contributed by atoms with van der Waals surface area (Å²) in [6.45, 7) is 0. The van der Waals surface area contributed by atoms with E-state index < -0.39 is 5.79 Å². The average molecular weight is 188 g/mol. The Morgan fingerprint density at radius 2 is 1.23 bits per heavy atom. The summed E-state index contributed by atoms with van der Waals surface area (Å²) in [5.74, 6) is -0.899. The number of rotatable bonds is 4. The predicted molar refractivity (Wildman–Crippen MR) is 46.5 cm³/mol. The van der Waals surface area contributed by atoms with Crippen molar-refractivity contribution in [2.45, 2.75) is 18.6 Å². The smallest absolute Gasteiger partial charge is 0.233 e. The summed E-state index contributed by atoms with van der Waals surface area (Å²) in [6, 6.07) is 0. The van der Waals surface area contributed by atoms with Gasteiger partial charge in [-0.1, -0.05) is 0 Å². The van der Waals surface area contributed by atoms with Gasteiger partial charge >= 0.3 is 0 Å². The lowest BCUT2D eigenvalue weighted by atomic mass is 10.1. The van der Waals surface area contributed by atoms with Crippen molar-refractivity contribution in [3.05, 3.63) is 12.2 Å². The van der Waals surface area contributed by atoms with Gasteiger partial charge in [0.1, 0.15) is 0 Å². The fourth-order valence-corrected chi connectivity index (χ4v) is 1.72. The molecule has 0 atom stereocenters. The molecule has 1 aliphatic carbocycles. The van der Waals surface area contributed by atoms with E-state index in [1.54, 1.807) is 28.4 Å². The molecule has 1 fully saturated rings. The third kappa shape index (κ3) is 1.59. The van der Waals surface area contributed by atoms with E-state index in [9.17, 15) is 0 Å². The number of ether oxygens (including phenoxy) is 4. The van der Waals surface area contributed by atoms with E-state index in [2.05, 4.69) is 0 Å². The topological polar surface area (TPSA) is 36.9 Å². The normalized spacial score (nSPS) is 24.0. The highest BCUT2D eigenvalue weighted by Gasteiger charge is 2.54. The van der Waals surface area contributed by atoms with Crippen LogP contribution in [0.4, 0.5) is 0 Å². The number of hydrogen-bond acceptors (Lipinski definition) is 4. The van der Waals surface area contributed by atoms with E-state index in [-0.39, 0.29) is 0 Å². The van der Waals surface area contributed by atoms with Gasteiger partial charge in [0.25, 0.3) is 0 Å². The quantitative estimate of drug-likeness (QED) is 0.620. The summed E-state index contributed by atoms with van der Waals surface area (Å²) < 4.78 is 21.0. The van der Waals surface area contributed by atoms with Crippen LogP contribution in [0.2, 0.25) is 0 Å². The van der Waals surface area contributed by atoms with Crippen molar-refractivity contribution in [3.63, 3.8) is 0 Å². The first-order valence-corrected chi connectivity index (χ1v) is 4.16. The van der Waals surface area contributed by atoms with Gasteiger partial charge in [0, 0.05) is 28.4 Å². The SMILES string of the molecule is CO[C]1CC[C](OC)C1(OC)OC. The Bertz CT molecular complexity index is 142. The lowest BCUT2D eigenvalue weighted by molar-refractivity contribution is -0.228. The van der Waals surface area contributed by atoms with Gasteiger partial charge in [-0.15, -0.1) is 0 Å². The second-order valence-electron chi connectivity index (χ2n) is 2.78. The molecule has 0 aromatic heterocycles. The van der Waals surface area contributed by atoms with Gasteiger partial charge < -0.3 is 18.9 Å². The van der Waals surface area contributed by atoms with Crippen LogP contribution in [-0.2, 0) is 18.9 Å². The summed E-state index contributed by atoms with van der Waals surface area (Å²) in [7, 11) is 6.38. The van der Waals surface area contributed by atoms with E-state index in [4.69, 9.17) is 18.9 Å². The van der Waals surface area contributed by atoms with Crippen molar-refractivity contribution in [1.82, 2.24) is 0 Å². The monoisotopic (exact) mass is 188 g/mol. The molecule has 13 heavy (non-hydrogen) atoms. The lowest BCUT2D eigenvalue weighted by Crippen LogP contribution is -2.43. The van der Waals surface area contributed by atoms with Crippen LogP contribution in [0.3, 0.4) is 0 Å². The molecule has 1 aliphatic rings. The van der Waals surface area contributed by atoms with E-state index in [0.717, 1.165) is 25.0 Å². The predicted octanol–water partition coefficient (Wildman–Crippen LogP) is 1.13. The third-order valence-electron chi connectivity index (χ3n) is 2.38. The van der Waals surface area contributed by atoms with Crippen molar-refractivity contribution in [2.75, 3.05) is 28.4 Å². The minimum absolute atomic E-state index is 0.759. The molecule has 0 aromatic carbocycles. The highest BCUT2D eigenvalue weighted by atomic mass is 16.7. The molecule has 0 aliphatic heterocycles. The summed E-state index contributed by atoms with van der Waals surface area (Å²) in [6.07, 6.45) is 3.08. The molecule has 0 amide bonds. The van der Waals surface area contributed by atoms with Crippen molar-refractivity contribution >= 4 is 0 Å². The van der Waals surface area contributed by atoms with Gasteiger partial charge in [0.15, 0.2) is 12.2 Å². The van der Waals surface area contributed by atoms with Crippen LogP contribution in [-0.4, -0.2) is 34.2 Å². The third-order valence-corrected chi connectivity index (χ3v) is 2.38. The first-order chi connectivity index (χ1) is 6.25. The maximum absolute atomic E-state index is 5.31. The summed E-state index contributed by atoms with van der Waals surface area (Å²) in [5, 5.41) is 0. The first-order valence-electron chi connectivity index (χ1n) is 4.16. The molecule has 4 nitrogen and oxygen atoms in total. The maximum atomic E-state index is 5.31. The van der Waals surface area contributed by atoms with Gasteiger partial charge in [0.05, 0.1) is 0 Å². The minimum Gasteiger partial charge on any atom is -0.369 e. The van der Waals surface area contributed by atoms with Crippen LogP contribution in [0.5, 0.6) is 0 Å². The Kier molecular flexibility index (Phi) is 3.67. The van der Waals surface area contributed by atoms with Gasteiger partial charge in [-0.05, 0) is 12.8 Å². The molecule has 4 heteroatoms. The van der Waals surface area contributed by atoms with E-state index >= 15 is 0 Å². The molecule has 0 unspecified atom stereocenters. The van der Waals surface area contributed by atoms with Crippen molar-refractivity contribution in [3.8, 4) is 0 Å². The number of methoxy groups -OCH3 is 4. The number of hydrogen-bond donors (Lipinski definition) is 0. The van der Waals surface area contributed by atoms with Crippen LogP contribution in [0.1, 0.15) is 12.8 Å². The molecule has 0 aromatic rings. The zero-order chi connectivity index (χ0) is 9.90. The molecule has 0 N–H and O–H groups in total. The van der Waals surface area contributed by atoms with Gasteiger partial charge in [0.2, 0.25) is 5.79 Å². The Hall–Kier alpha value is -0.160. The van der Waals surface area contributed by atoms with Crippen LogP contribution >= 0.6 is 0 Å². The molecular weight excluding hydrogens is 172 g/mol. The van der Waals surface area contributed by atoms with E-state index in [0.29, 0.717) is 0 Å². The maximum Gasteiger partial charge on any atom is 0.233 e. The summed E-state index contributed by atoms with van der Waals surface area (Å²) in [4.78, 5) is 0. The summed E-state index contributed by atoms with van der Waals surface area (Å²) in [5.41, 5.74) is 0. The largest absolute Gasteiger partial charge is 0.369 e. The Morgan fingerprint density at radius 1 is 0.846 bits per heavy atom. The Morgan fingerprint density at radius 3 is 1.46 bits per heavy atom. The fraction of sp³-hybridized carbons (Fsp3) is 0.778. The first kappa shape index (κ1) is 10.9.